The number of rotatable bonds is 6. The molecule has 0 bridgehead atoms. The molecule has 0 N–H and O–H groups in total. The molecule has 0 atom stereocenters. The highest BCUT2D eigenvalue weighted by molar-refractivity contribution is 6.22. The number of furan rings is 2. The van der Waals surface area contributed by atoms with E-state index in [1.54, 1.807) is 0 Å². The molecule has 55 heavy (non-hydrogen) atoms. The average molecular weight is 704 g/mol. The lowest BCUT2D eigenvalue weighted by Gasteiger charge is -2.26. The van der Waals surface area contributed by atoms with Gasteiger partial charge in [-0.25, -0.2) is 0 Å². The Balaban J connectivity index is 1.14. The van der Waals surface area contributed by atoms with Crippen LogP contribution in [0, 0.1) is 0 Å². The van der Waals surface area contributed by atoms with Gasteiger partial charge in [-0.05, 0) is 81.2 Å². The van der Waals surface area contributed by atoms with Gasteiger partial charge in [0.15, 0.2) is 5.58 Å². The SMILES string of the molecule is c1ccc(-c2ccc(-c3cc4c5cccc(N(c6ccc(-c7ccccc7)cc6)c6cccc7oc8ccccc8c67)c5oc4c4ccccc34)cc2)cc1. The molecule has 0 amide bonds. The van der Waals surface area contributed by atoms with Crippen molar-refractivity contribution in [2.75, 3.05) is 4.90 Å². The van der Waals surface area contributed by atoms with Crippen molar-refractivity contribution in [3.05, 3.63) is 200 Å². The van der Waals surface area contributed by atoms with Crippen molar-refractivity contribution < 1.29 is 8.83 Å². The highest BCUT2D eigenvalue weighted by atomic mass is 16.3. The van der Waals surface area contributed by atoms with Crippen LogP contribution in [0.4, 0.5) is 17.1 Å². The summed E-state index contributed by atoms with van der Waals surface area (Å²) in [6.45, 7) is 0. The van der Waals surface area contributed by atoms with E-state index in [9.17, 15) is 0 Å². The Morgan fingerprint density at radius 3 is 1.55 bits per heavy atom. The second kappa shape index (κ2) is 12.6. The van der Waals surface area contributed by atoms with Crippen LogP contribution in [0.5, 0.6) is 0 Å². The molecule has 3 nitrogen and oxygen atoms in total. The molecule has 0 aliphatic carbocycles. The van der Waals surface area contributed by atoms with E-state index >= 15 is 0 Å². The number of benzene rings is 9. The van der Waals surface area contributed by atoms with Crippen LogP contribution in [0.25, 0.3) is 88.0 Å². The fraction of sp³-hybridized carbons (Fsp3) is 0. The molecular weight excluding hydrogens is 671 g/mol. The largest absolute Gasteiger partial charge is 0.456 e. The van der Waals surface area contributed by atoms with Gasteiger partial charge in [0.25, 0.3) is 0 Å². The van der Waals surface area contributed by atoms with Gasteiger partial charge in [-0.2, -0.15) is 0 Å². The van der Waals surface area contributed by atoms with Crippen LogP contribution in [-0.4, -0.2) is 0 Å². The maximum Gasteiger partial charge on any atom is 0.159 e. The zero-order valence-corrected chi connectivity index (χ0v) is 29.8. The zero-order chi connectivity index (χ0) is 36.3. The number of anilines is 3. The molecule has 0 radical (unpaired) electrons. The fourth-order valence-corrected chi connectivity index (χ4v) is 8.28. The normalized spacial score (nSPS) is 11.6. The third kappa shape index (κ3) is 5.13. The maximum absolute atomic E-state index is 7.10. The third-order valence-corrected chi connectivity index (χ3v) is 10.9. The van der Waals surface area contributed by atoms with Crippen molar-refractivity contribution in [1.82, 2.24) is 0 Å². The predicted octanol–water partition coefficient (Wildman–Crippen LogP) is 15.1. The number of para-hydroxylation sites is 2. The first kappa shape index (κ1) is 31.2. The smallest absolute Gasteiger partial charge is 0.159 e. The van der Waals surface area contributed by atoms with E-state index in [4.69, 9.17) is 8.83 Å². The summed E-state index contributed by atoms with van der Waals surface area (Å²) < 4.78 is 13.5. The van der Waals surface area contributed by atoms with Crippen LogP contribution in [0.15, 0.2) is 209 Å². The summed E-state index contributed by atoms with van der Waals surface area (Å²) in [4.78, 5) is 2.33. The van der Waals surface area contributed by atoms with Crippen molar-refractivity contribution >= 4 is 71.7 Å². The Labute approximate surface area is 317 Å². The summed E-state index contributed by atoms with van der Waals surface area (Å²) in [6.07, 6.45) is 0. The van der Waals surface area contributed by atoms with Gasteiger partial charge in [-0.15, -0.1) is 0 Å². The standard InChI is InChI=1S/C52H33NO2/c1-3-13-34(14-4-1)36-25-27-38(28-26-36)44-33-45-42-20-11-22-47(52(42)55-51(45)41-18-8-7-17-40(41)44)53(39-31-29-37(30-32-39)35-15-5-2-6-16-35)46-21-12-24-49-50(46)43-19-9-10-23-48(43)54-49/h1-33H. The molecule has 0 unspecified atom stereocenters. The van der Waals surface area contributed by atoms with E-state index in [0.29, 0.717) is 0 Å². The van der Waals surface area contributed by atoms with Crippen molar-refractivity contribution in [2.45, 2.75) is 0 Å². The number of hydrogen-bond donors (Lipinski definition) is 0. The van der Waals surface area contributed by atoms with Gasteiger partial charge >= 0.3 is 0 Å². The molecule has 0 saturated heterocycles. The van der Waals surface area contributed by atoms with E-state index in [0.717, 1.165) is 77.3 Å². The van der Waals surface area contributed by atoms with E-state index in [1.807, 2.05) is 12.1 Å². The minimum absolute atomic E-state index is 0.830. The summed E-state index contributed by atoms with van der Waals surface area (Å²) in [7, 11) is 0. The van der Waals surface area contributed by atoms with Crippen molar-refractivity contribution in [3.8, 4) is 33.4 Å². The summed E-state index contributed by atoms with van der Waals surface area (Å²) in [6, 6.07) is 70.8. The van der Waals surface area contributed by atoms with Crippen LogP contribution in [0.3, 0.4) is 0 Å². The van der Waals surface area contributed by atoms with Crippen molar-refractivity contribution in [2.24, 2.45) is 0 Å². The first-order chi connectivity index (χ1) is 27.3. The summed E-state index contributed by atoms with van der Waals surface area (Å²) >= 11 is 0. The van der Waals surface area contributed by atoms with Crippen LogP contribution in [0.2, 0.25) is 0 Å². The quantitative estimate of drug-likeness (QED) is 0.173. The maximum atomic E-state index is 7.10. The van der Waals surface area contributed by atoms with Crippen molar-refractivity contribution in [1.29, 1.82) is 0 Å². The second-order valence-corrected chi connectivity index (χ2v) is 14.0. The Kier molecular flexibility index (Phi) is 7.17. The van der Waals surface area contributed by atoms with Crippen LogP contribution in [0.1, 0.15) is 0 Å². The highest BCUT2D eigenvalue weighted by Crippen LogP contribution is 2.48. The van der Waals surface area contributed by atoms with Crippen molar-refractivity contribution in [3.63, 3.8) is 0 Å². The molecule has 0 fully saturated rings. The van der Waals surface area contributed by atoms with Gasteiger partial charge in [0.05, 0.1) is 16.8 Å². The minimum atomic E-state index is 0.830. The molecule has 2 aromatic heterocycles. The number of fused-ring (bicyclic) bond motifs is 8. The number of nitrogens with zero attached hydrogens (tertiary/aromatic N) is 1. The molecule has 3 heteroatoms. The zero-order valence-electron chi connectivity index (χ0n) is 29.8. The Hall–Kier alpha value is -7.36. The van der Waals surface area contributed by atoms with Crippen LogP contribution in [-0.2, 0) is 0 Å². The van der Waals surface area contributed by atoms with E-state index in [2.05, 4.69) is 193 Å². The second-order valence-electron chi connectivity index (χ2n) is 14.0. The van der Waals surface area contributed by atoms with E-state index in [-0.39, 0.29) is 0 Å². The number of hydrogen-bond acceptors (Lipinski definition) is 3. The van der Waals surface area contributed by atoms with Crippen LogP contribution < -0.4 is 4.90 Å². The molecule has 0 aliphatic rings. The molecule has 11 aromatic rings. The minimum Gasteiger partial charge on any atom is -0.456 e. The first-order valence-electron chi connectivity index (χ1n) is 18.7. The first-order valence-corrected chi connectivity index (χ1v) is 18.7. The molecule has 11 rings (SSSR count). The molecule has 9 aromatic carbocycles. The van der Waals surface area contributed by atoms with Crippen LogP contribution >= 0.6 is 0 Å². The summed E-state index contributed by atoms with van der Waals surface area (Å²) in [5.74, 6) is 0. The molecular formula is C52H33NO2. The Morgan fingerprint density at radius 2 is 0.818 bits per heavy atom. The van der Waals surface area contributed by atoms with Gasteiger partial charge in [0.1, 0.15) is 16.7 Å². The monoisotopic (exact) mass is 703 g/mol. The van der Waals surface area contributed by atoms with Gasteiger partial charge in [-0.3, -0.25) is 0 Å². The fourth-order valence-electron chi connectivity index (χ4n) is 8.28. The van der Waals surface area contributed by atoms with Gasteiger partial charge < -0.3 is 13.7 Å². The van der Waals surface area contributed by atoms with Gasteiger partial charge in [0, 0.05) is 27.2 Å². The molecule has 2 heterocycles. The third-order valence-electron chi connectivity index (χ3n) is 10.9. The molecule has 0 aliphatic heterocycles. The van der Waals surface area contributed by atoms with E-state index in [1.165, 1.54) is 27.8 Å². The Morgan fingerprint density at radius 1 is 0.309 bits per heavy atom. The molecule has 258 valence electrons. The summed E-state index contributed by atoms with van der Waals surface area (Å²) in [5, 5.41) is 6.53. The molecule has 0 saturated carbocycles. The lowest BCUT2D eigenvalue weighted by molar-refractivity contribution is 0.668. The van der Waals surface area contributed by atoms with Gasteiger partial charge in [0.2, 0.25) is 0 Å². The highest BCUT2D eigenvalue weighted by Gasteiger charge is 2.24. The summed E-state index contributed by atoms with van der Waals surface area (Å²) in [5.41, 5.74) is 13.5. The predicted molar refractivity (Wildman–Crippen MR) is 229 cm³/mol. The van der Waals surface area contributed by atoms with E-state index < -0.39 is 0 Å². The lowest BCUT2D eigenvalue weighted by atomic mass is 9.94. The lowest BCUT2D eigenvalue weighted by Crippen LogP contribution is -2.10. The average Bonchev–Trinajstić information content (AvgIpc) is 3.84. The Bertz CT molecular complexity index is 3180. The van der Waals surface area contributed by atoms with Gasteiger partial charge in [-0.1, -0.05) is 158 Å². The molecule has 0 spiro atoms. The topological polar surface area (TPSA) is 29.5 Å².